The standard InChI is InChI=1S/C20H25N3O3S/c1-15-13-21-11-10-19(15)23-20(24)17-8-5-9-18(12-17)27(25,26)22-14-16-6-3-2-4-7-16/h2-9,12,15,19,21-22H,10-11,13-14H2,1H3,(H,23,24). The number of hydrogen-bond acceptors (Lipinski definition) is 4. The number of sulfonamides is 1. The summed E-state index contributed by atoms with van der Waals surface area (Å²) in [6.07, 6.45) is 0.865. The molecule has 2 atom stereocenters. The molecule has 1 aliphatic rings. The Labute approximate surface area is 160 Å². The van der Waals surface area contributed by atoms with E-state index in [0.29, 0.717) is 11.5 Å². The summed E-state index contributed by atoms with van der Waals surface area (Å²) in [6.45, 7) is 4.02. The number of carbonyl (C=O) groups excluding carboxylic acids is 1. The predicted molar refractivity (Wildman–Crippen MR) is 105 cm³/mol. The molecule has 0 aromatic heterocycles. The van der Waals surface area contributed by atoms with Gasteiger partial charge in [-0.3, -0.25) is 4.79 Å². The van der Waals surface area contributed by atoms with E-state index in [0.717, 1.165) is 25.1 Å². The van der Waals surface area contributed by atoms with Crippen LogP contribution in [0.25, 0.3) is 0 Å². The van der Waals surface area contributed by atoms with Crippen LogP contribution in [0.5, 0.6) is 0 Å². The van der Waals surface area contributed by atoms with Crippen LogP contribution in [-0.4, -0.2) is 33.5 Å². The first-order valence-corrected chi connectivity index (χ1v) is 10.6. The minimum atomic E-state index is -3.70. The number of amides is 1. The third-order valence-electron chi connectivity index (χ3n) is 4.82. The van der Waals surface area contributed by atoms with Crippen molar-refractivity contribution in [1.29, 1.82) is 0 Å². The molecule has 0 radical (unpaired) electrons. The van der Waals surface area contributed by atoms with Gasteiger partial charge in [0.2, 0.25) is 10.0 Å². The minimum Gasteiger partial charge on any atom is -0.349 e. The maximum absolute atomic E-state index is 12.6. The summed E-state index contributed by atoms with van der Waals surface area (Å²) >= 11 is 0. The van der Waals surface area contributed by atoms with Crippen LogP contribution in [0.4, 0.5) is 0 Å². The van der Waals surface area contributed by atoms with E-state index in [1.165, 1.54) is 12.1 Å². The Bertz CT molecular complexity index is 884. The Hall–Kier alpha value is -2.22. The van der Waals surface area contributed by atoms with Crippen LogP contribution in [0.15, 0.2) is 59.5 Å². The SMILES string of the molecule is CC1CNCCC1NC(=O)c1cccc(S(=O)(=O)NCc2ccccc2)c1. The van der Waals surface area contributed by atoms with E-state index in [1.54, 1.807) is 12.1 Å². The summed E-state index contributed by atoms with van der Waals surface area (Å²) in [4.78, 5) is 12.7. The average molecular weight is 388 g/mol. The van der Waals surface area contributed by atoms with Gasteiger partial charge in [-0.2, -0.15) is 0 Å². The topological polar surface area (TPSA) is 87.3 Å². The summed E-state index contributed by atoms with van der Waals surface area (Å²) < 4.78 is 27.7. The van der Waals surface area contributed by atoms with Gasteiger partial charge in [-0.25, -0.2) is 13.1 Å². The molecular weight excluding hydrogens is 362 g/mol. The van der Waals surface area contributed by atoms with Crippen molar-refractivity contribution < 1.29 is 13.2 Å². The van der Waals surface area contributed by atoms with E-state index >= 15 is 0 Å². The van der Waals surface area contributed by atoms with Crippen LogP contribution >= 0.6 is 0 Å². The molecule has 2 unspecified atom stereocenters. The first kappa shape index (κ1) is 19.5. The third kappa shape index (κ3) is 5.15. The molecule has 3 N–H and O–H groups in total. The zero-order valence-corrected chi connectivity index (χ0v) is 16.1. The molecule has 0 spiro atoms. The van der Waals surface area contributed by atoms with Crippen molar-refractivity contribution in [3.63, 3.8) is 0 Å². The Morgan fingerprint density at radius 3 is 2.67 bits per heavy atom. The average Bonchev–Trinajstić information content (AvgIpc) is 2.69. The second-order valence-electron chi connectivity index (χ2n) is 6.89. The fourth-order valence-corrected chi connectivity index (χ4v) is 4.21. The molecule has 0 aliphatic carbocycles. The molecule has 1 heterocycles. The Morgan fingerprint density at radius 1 is 1.15 bits per heavy atom. The van der Waals surface area contributed by atoms with Gasteiger partial charge in [-0.1, -0.05) is 43.3 Å². The van der Waals surface area contributed by atoms with Gasteiger partial charge in [0.05, 0.1) is 4.90 Å². The monoisotopic (exact) mass is 387 g/mol. The first-order chi connectivity index (χ1) is 13.0. The van der Waals surface area contributed by atoms with Crippen molar-refractivity contribution in [3.8, 4) is 0 Å². The lowest BCUT2D eigenvalue weighted by molar-refractivity contribution is 0.0914. The normalized spacial score (nSPS) is 20.2. The van der Waals surface area contributed by atoms with Crippen LogP contribution in [0.3, 0.4) is 0 Å². The summed E-state index contributed by atoms with van der Waals surface area (Å²) in [5.41, 5.74) is 1.22. The van der Waals surface area contributed by atoms with Crippen LogP contribution in [0, 0.1) is 5.92 Å². The summed E-state index contributed by atoms with van der Waals surface area (Å²) in [5.74, 6) is 0.0935. The molecule has 2 aromatic rings. The Balaban J connectivity index is 1.69. The highest BCUT2D eigenvalue weighted by molar-refractivity contribution is 7.89. The lowest BCUT2D eigenvalue weighted by atomic mass is 9.95. The lowest BCUT2D eigenvalue weighted by Crippen LogP contribution is -2.48. The van der Waals surface area contributed by atoms with Crippen LogP contribution in [-0.2, 0) is 16.6 Å². The fourth-order valence-electron chi connectivity index (χ4n) is 3.14. The highest BCUT2D eigenvalue weighted by Gasteiger charge is 2.23. The highest BCUT2D eigenvalue weighted by Crippen LogP contribution is 2.15. The number of benzene rings is 2. The largest absolute Gasteiger partial charge is 0.349 e. The van der Waals surface area contributed by atoms with E-state index in [1.807, 2.05) is 30.3 Å². The van der Waals surface area contributed by atoms with Gasteiger partial charge >= 0.3 is 0 Å². The van der Waals surface area contributed by atoms with Crippen molar-refractivity contribution in [2.45, 2.75) is 30.8 Å². The highest BCUT2D eigenvalue weighted by atomic mass is 32.2. The number of nitrogens with one attached hydrogen (secondary N) is 3. The molecule has 1 amide bonds. The summed E-state index contributed by atoms with van der Waals surface area (Å²) in [5, 5.41) is 6.32. The summed E-state index contributed by atoms with van der Waals surface area (Å²) in [6, 6.07) is 15.5. The molecule has 0 bridgehead atoms. The molecule has 1 saturated heterocycles. The van der Waals surface area contributed by atoms with Gasteiger partial charge in [0.15, 0.2) is 0 Å². The van der Waals surface area contributed by atoms with Crippen molar-refractivity contribution in [2.24, 2.45) is 5.92 Å². The van der Waals surface area contributed by atoms with Gasteiger partial charge < -0.3 is 10.6 Å². The fraction of sp³-hybridized carbons (Fsp3) is 0.350. The third-order valence-corrected chi connectivity index (χ3v) is 6.22. The van der Waals surface area contributed by atoms with Gasteiger partial charge in [0.25, 0.3) is 5.91 Å². The quantitative estimate of drug-likeness (QED) is 0.706. The maximum Gasteiger partial charge on any atom is 0.251 e. The first-order valence-electron chi connectivity index (χ1n) is 9.11. The molecule has 1 aliphatic heterocycles. The van der Waals surface area contributed by atoms with Crippen LogP contribution < -0.4 is 15.4 Å². The van der Waals surface area contributed by atoms with Crippen LogP contribution in [0.1, 0.15) is 29.3 Å². The molecule has 1 fully saturated rings. The van der Waals surface area contributed by atoms with E-state index in [2.05, 4.69) is 22.3 Å². The smallest absolute Gasteiger partial charge is 0.251 e. The minimum absolute atomic E-state index is 0.0874. The second-order valence-corrected chi connectivity index (χ2v) is 8.65. The van der Waals surface area contributed by atoms with Crippen molar-refractivity contribution in [2.75, 3.05) is 13.1 Å². The Morgan fingerprint density at radius 2 is 1.93 bits per heavy atom. The summed E-state index contributed by atoms with van der Waals surface area (Å²) in [7, 11) is -3.70. The lowest BCUT2D eigenvalue weighted by Gasteiger charge is -2.30. The number of hydrogen-bond donors (Lipinski definition) is 3. The van der Waals surface area contributed by atoms with E-state index in [9.17, 15) is 13.2 Å². The van der Waals surface area contributed by atoms with Gasteiger partial charge in [-0.05, 0) is 49.2 Å². The molecule has 3 rings (SSSR count). The van der Waals surface area contributed by atoms with Crippen molar-refractivity contribution >= 4 is 15.9 Å². The van der Waals surface area contributed by atoms with Crippen molar-refractivity contribution in [3.05, 3.63) is 65.7 Å². The number of carbonyl (C=O) groups is 1. The molecule has 7 heteroatoms. The predicted octanol–water partition coefficient (Wildman–Crippen LogP) is 1.89. The van der Waals surface area contributed by atoms with Crippen molar-refractivity contribution in [1.82, 2.24) is 15.4 Å². The molecule has 0 saturated carbocycles. The van der Waals surface area contributed by atoms with Gasteiger partial charge in [0.1, 0.15) is 0 Å². The molecule has 144 valence electrons. The maximum atomic E-state index is 12.6. The molecule has 2 aromatic carbocycles. The Kier molecular flexibility index (Phi) is 6.26. The number of rotatable bonds is 6. The molecular formula is C20H25N3O3S. The van der Waals surface area contributed by atoms with Crippen LogP contribution in [0.2, 0.25) is 0 Å². The zero-order valence-electron chi connectivity index (χ0n) is 15.3. The van der Waals surface area contributed by atoms with Gasteiger partial charge in [0, 0.05) is 18.2 Å². The number of piperidine rings is 1. The molecule has 6 nitrogen and oxygen atoms in total. The zero-order chi connectivity index (χ0) is 19.3. The second kappa shape index (κ2) is 8.65. The van der Waals surface area contributed by atoms with E-state index in [4.69, 9.17) is 0 Å². The molecule has 27 heavy (non-hydrogen) atoms. The van der Waals surface area contributed by atoms with E-state index < -0.39 is 10.0 Å². The van der Waals surface area contributed by atoms with Gasteiger partial charge in [-0.15, -0.1) is 0 Å². The van der Waals surface area contributed by atoms with E-state index in [-0.39, 0.29) is 23.4 Å².